The maximum Gasteiger partial charge on any atom is 0.238 e. The molecule has 34 heavy (non-hydrogen) atoms. The van der Waals surface area contributed by atoms with Crippen molar-refractivity contribution >= 4 is 50.6 Å². The molecule has 3 aromatic rings. The first-order chi connectivity index (χ1) is 16.2. The number of thioether (sulfide) groups is 1. The second-order valence-corrected chi connectivity index (χ2v) is 10.8. The third-order valence-corrected chi connectivity index (χ3v) is 7.54. The molecule has 0 aliphatic heterocycles. The van der Waals surface area contributed by atoms with Gasteiger partial charge in [0.05, 0.1) is 29.9 Å². The average Bonchev–Trinajstić information content (AvgIpc) is 3.24. The second kappa shape index (κ2) is 12.0. The molecule has 0 radical (unpaired) electrons. The molecule has 2 aromatic carbocycles. The van der Waals surface area contributed by atoms with Crippen LogP contribution in [0.5, 0.6) is 5.75 Å². The second-order valence-electron chi connectivity index (χ2n) is 7.14. The molecule has 3 rings (SSSR count). The van der Waals surface area contributed by atoms with E-state index in [0.29, 0.717) is 34.4 Å². The number of nitrogens with zero attached hydrogens (tertiary/aromatic N) is 1. The number of nitrogens with two attached hydrogens (primary N) is 1. The Labute approximate surface area is 206 Å². The molecular weight excluding hydrogens is 496 g/mol. The summed E-state index contributed by atoms with van der Waals surface area (Å²) >= 11 is 2.69. The van der Waals surface area contributed by atoms with Gasteiger partial charge in [-0.1, -0.05) is 30.0 Å². The molecule has 4 N–H and O–H groups in total. The van der Waals surface area contributed by atoms with Gasteiger partial charge in [0.15, 0.2) is 4.34 Å². The van der Waals surface area contributed by atoms with Gasteiger partial charge in [-0.25, -0.2) is 18.5 Å². The van der Waals surface area contributed by atoms with E-state index in [1.807, 2.05) is 0 Å². The molecule has 0 bridgehead atoms. The number of carbonyl (C=O) groups excluding carboxylic acids is 2. The van der Waals surface area contributed by atoms with Gasteiger partial charge in [0.1, 0.15) is 5.75 Å². The molecular formula is C22H24N4O5S3. The zero-order valence-corrected chi connectivity index (χ0v) is 20.8. The lowest BCUT2D eigenvalue weighted by molar-refractivity contribution is -0.120. The number of ether oxygens (including phenoxy) is 1. The third-order valence-electron chi connectivity index (χ3n) is 4.54. The highest BCUT2D eigenvalue weighted by molar-refractivity contribution is 8.01. The Hall–Kier alpha value is -2.93. The topological polar surface area (TPSA) is 140 Å². The molecule has 0 spiro atoms. The van der Waals surface area contributed by atoms with Crippen molar-refractivity contribution in [3.05, 3.63) is 65.2 Å². The number of hydrogen-bond donors (Lipinski definition) is 3. The Morgan fingerprint density at radius 1 is 1.15 bits per heavy atom. The van der Waals surface area contributed by atoms with Crippen molar-refractivity contribution in [3.63, 3.8) is 0 Å². The Bertz CT molecular complexity index is 1240. The van der Waals surface area contributed by atoms with Crippen LogP contribution in [0.1, 0.15) is 11.3 Å². The minimum atomic E-state index is -3.72. The number of primary sulfonamides is 1. The molecule has 9 nitrogen and oxygen atoms in total. The van der Waals surface area contributed by atoms with Crippen LogP contribution < -0.4 is 20.5 Å². The summed E-state index contributed by atoms with van der Waals surface area (Å²) in [5.74, 6) is 0.525. The quantitative estimate of drug-likeness (QED) is 0.330. The van der Waals surface area contributed by atoms with Crippen LogP contribution in [-0.2, 0) is 32.5 Å². The Kier molecular flexibility index (Phi) is 9.05. The fourth-order valence-corrected chi connectivity index (χ4v) is 5.04. The van der Waals surface area contributed by atoms with Crippen molar-refractivity contribution < 1.29 is 22.7 Å². The predicted octanol–water partition coefficient (Wildman–Crippen LogP) is 2.43. The Morgan fingerprint density at radius 2 is 1.91 bits per heavy atom. The number of nitrogens with one attached hydrogen (secondary N) is 2. The van der Waals surface area contributed by atoms with Gasteiger partial charge < -0.3 is 15.4 Å². The summed E-state index contributed by atoms with van der Waals surface area (Å²) < 4.78 is 28.4. The van der Waals surface area contributed by atoms with E-state index in [2.05, 4.69) is 15.6 Å². The number of aromatic nitrogens is 1. The maximum atomic E-state index is 12.2. The normalized spacial score (nSPS) is 11.1. The smallest absolute Gasteiger partial charge is 0.238 e. The van der Waals surface area contributed by atoms with Gasteiger partial charge in [-0.3, -0.25) is 9.59 Å². The van der Waals surface area contributed by atoms with Gasteiger partial charge in [0, 0.05) is 23.7 Å². The van der Waals surface area contributed by atoms with Gasteiger partial charge in [-0.05, 0) is 36.2 Å². The van der Waals surface area contributed by atoms with E-state index in [1.165, 1.54) is 35.2 Å². The summed E-state index contributed by atoms with van der Waals surface area (Å²) in [6.45, 7) is 0.406. The fourth-order valence-electron chi connectivity index (χ4n) is 2.88. The number of rotatable bonds is 11. The first-order valence-electron chi connectivity index (χ1n) is 10.1. The molecule has 0 fully saturated rings. The van der Waals surface area contributed by atoms with Crippen molar-refractivity contribution in [2.75, 3.05) is 24.7 Å². The van der Waals surface area contributed by atoms with Crippen molar-refractivity contribution in [1.29, 1.82) is 0 Å². The number of anilines is 1. The number of benzene rings is 2. The zero-order valence-electron chi connectivity index (χ0n) is 18.3. The van der Waals surface area contributed by atoms with E-state index in [-0.39, 0.29) is 28.9 Å². The molecule has 2 amide bonds. The van der Waals surface area contributed by atoms with Crippen molar-refractivity contribution in [2.45, 2.75) is 22.1 Å². The predicted molar refractivity (Wildman–Crippen MR) is 133 cm³/mol. The third kappa shape index (κ3) is 8.13. The van der Waals surface area contributed by atoms with E-state index < -0.39 is 10.0 Å². The van der Waals surface area contributed by atoms with Crippen LogP contribution in [-0.4, -0.2) is 44.6 Å². The molecule has 0 aliphatic rings. The van der Waals surface area contributed by atoms with Gasteiger partial charge in [0.25, 0.3) is 0 Å². The number of amides is 2. The van der Waals surface area contributed by atoms with Crippen LogP contribution in [0, 0.1) is 0 Å². The van der Waals surface area contributed by atoms with Crippen LogP contribution in [0.4, 0.5) is 5.69 Å². The first-order valence-corrected chi connectivity index (χ1v) is 13.5. The van der Waals surface area contributed by atoms with Crippen molar-refractivity contribution in [3.8, 4) is 5.75 Å². The number of hydrogen-bond acceptors (Lipinski definition) is 8. The van der Waals surface area contributed by atoms with Gasteiger partial charge in [-0.2, -0.15) is 0 Å². The fraction of sp³-hybridized carbons (Fsp3) is 0.227. The Morgan fingerprint density at radius 3 is 2.62 bits per heavy atom. The standard InChI is InChI=1S/C22H24N4O5S3/c1-31-18-4-2-3-16(11-18)25-21(28)14-33-22-26-17(13-32-22)12-20(27)24-10-9-15-5-7-19(8-6-15)34(23,29)30/h2-8,11,13H,9-10,12,14H2,1H3,(H,24,27)(H,25,28)(H2,23,29,30). The summed E-state index contributed by atoms with van der Waals surface area (Å²) in [5, 5.41) is 12.5. The lowest BCUT2D eigenvalue weighted by Crippen LogP contribution is -2.27. The SMILES string of the molecule is COc1cccc(NC(=O)CSc2nc(CC(=O)NCCc3ccc(S(N)(=O)=O)cc3)cs2)c1. The highest BCUT2D eigenvalue weighted by atomic mass is 32.2. The van der Waals surface area contributed by atoms with Crippen LogP contribution in [0.3, 0.4) is 0 Å². The largest absolute Gasteiger partial charge is 0.497 e. The average molecular weight is 521 g/mol. The Balaban J connectivity index is 1.39. The summed E-state index contributed by atoms with van der Waals surface area (Å²) in [6.07, 6.45) is 0.689. The van der Waals surface area contributed by atoms with E-state index in [9.17, 15) is 18.0 Å². The van der Waals surface area contributed by atoms with Crippen LogP contribution in [0.15, 0.2) is 63.1 Å². The molecule has 12 heteroatoms. The van der Waals surface area contributed by atoms with Crippen LogP contribution >= 0.6 is 23.1 Å². The summed E-state index contributed by atoms with van der Waals surface area (Å²) in [4.78, 5) is 28.8. The van der Waals surface area contributed by atoms with Gasteiger partial charge in [-0.15, -0.1) is 11.3 Å². The van der Waals surface area contributed by atoms with E-state index in [1.54, 1.807) is 48.9 Å². The molecule has 1 heterocycles. The minimum Gasteiger partial charge on any atom is -0.497 e. The highest BCUT2D eigenvalue weighted by Crippen LogP contribution is 2.23. The molecule has 0 aliphatic carbocycles. The summed E-state index contributed by atoms with van der Waals surface area (Å²) in [6, 6.07) is 13.3. The van der Waals surface area contributed by atoms with Crippen molar-refractivity contribution in [1.82, 2.24) is 10.3 Å². The van der Waals surface area contributed by atoms with Gasteiger partial charge >= 0.3 is 0 Å². The zero-order chi connectivity index (χ0) is 24.6. The molecule has 0 atom stereocenters. The highest BCUT2D eigenvalue weighted by Gasteiger charge is 2.11. The van der Waals surface area contributed by atoms with Gasteiger partial charge in [0.2, 0.25) is 21.8 Å². The lowest BCUT2D eigenvalue weighted by Gasteiger charge is -2.06. The van der Waals surface area contributed by atoms with E-state index in [0.717, 1.165) is 5.56 Å². The number of methoxy groups -OCH3 is 1. The number of thiazole rings is 1. The van der Waals surface area contributed by atoms with Crippen LogP contribution in [0.25, 0.3) is 0 Å². The minimum absolute atomic E-state index is 0.0512. The maximum absolute atomic E-state index is 12.2. The number of sulfonamides is 1. The van der Waals surface area contributed by atoms with E-state index in [4.69, 9.17) is 9.88 Å². The number of carbonyl (C=O) groups is 2. The first kappa shape index (κ1) is 25.7. The molecule has 180 valence electrons. The summed E-state index contributed by atoms with van der Waals surface area (Å²) in [7, 11) is -2.15. The van der Waals surface area contributed by atoms with Crippen LogP contribution in [0.2, 0.25) is 0 Å². The van der Waals surface area contributed by atoms with Crippen molar-refractivity contribution in [2.24, 2.45) is 5.14 Å². The summed E-state index contributed by atoms with van der Waals surface area (Å²) in [5.41, 5.74) is 2.17. The molecule has 0 unspecified atom stereocenters. The van der Waals surface area contributed by atoms with E-state index >= 15 is 0 Å². The molecule has 1 aromatic heterocycles. The molecule has 0 saturated carbocycles. The molecule has 0 saturated heterocycles. The lowest BCUT2D eigenvalue weighted by atomic mass is 10.1. The monoisotopic (exact) mass is 520 g/mol.